The van der Waals surface area contributed by atoms with Crippen molar-refractivity contribution in [2.75, 3.05) is 11.9 Å². The van der Waals surface area contributed by atoms with E-state index in [2.05, 4.69) is 5.32 Å². The van der Waals surface area contributed by atoms with Crippen LogP contribution in [0, 0.1) is 5.41 Å². The van der Waals surface area contributed by atoms with E-state index in [0.29, 0.717) is 11.4 Å². The molecule has 1 aromatic rings. The van der Waals surface area contributed by atoms with Crippen LogP contribution in [0.4, 0.5) is 5.69 Å². The summed E-state index contributed by atoms with van der Waals surface area (Å²) < 4.78 is 16.5. The van der Waals surface area contributed by atoms with Crippen LogP contribution >= 0.6 is 0 Å². The van der Waals surface area contributed by atoms with Gasteiger partial charge in [0.25, 0.3) is 0 Å². The molecule has 0 aliphatic carbocycles. The summed E-state index contributed by atoms with van der Waals surface area (Å²) in [6.07, 6.45) is -5.05. The topological polar surface area (TPSA) is 117 Å². The van der Waals surface area contributed by atoms with Crippen LogP contribution in [-0.2, 0) is 20.9 Å². The number of aliphatic hydroxyl groups excluding tert-OH is 3. The lowest BCUT2D eigenvalue weighted by Crippen LogP contribution is -2.54. The summed E-state index contributed by atoms with van der Waals surface area (Å²) in [4.78, 5) is 12.0. The number of anilines is 1. The molecule has 4 atom stereocenters. The smallest absolute Gasteiger partial charge is 0.311 e. The minimum atomic E-state index is -1.39. The Balaban J connectivity index is 2.19. The van der Waals surface area contributed by atoms with Crippen molar-refractivity contribution in [3.05, 3.63) is 23.8 Å². The molecule has 0 amide bonds. The Morgan fingerprint density at radius 1 is 1.14 bits per heavy atom. The van der Waals surface area contributed by atoms with Crippen molar-refractivity contribution < 1.29 is 34.3 Å². The van der Waals surface area contributed by atoms with Gasteiger partial charge >= 0.3 is 5.97 Å². The molecule has 1 fully saturated rings. The van der Waals surface area contributed by atoms with Crippen LogP contribution in [-0.4, -0.2) is 58.0 Å². The zero-order chi connectivity index (χ0) is 22.0. The molecule has 0 saturated carbocycles. The Kier molecular flexibility index (Phi) is 7.16. The van der Waals surface area contributed by atoms with Gasteiger partial charge in [-0.2, -0.15) is 0 Å². The van der Waals surface area contributed by atoms with E-state index in [-0.39, 0.29) is 24.7 Å². The predicted molar refractivity (Wildman–Crippen MR) is 107 cm³/mol. The zero-order valence-corrected chi connectivity index (χ0v) is 17.9. The Hall–Kier alpha value is -1.87. The summed E-state index contributed by atoms with van der Waals surface area (Å²) >= 11 is 0. The Bertz CT molecular complexity index is 708. The number of ether oxygens (including phenoxy) is 3. The van der Waals surface area contributed by atoms with E-state index in [4.69, 9.17) is 14.2 Å². The molecule has 2 rings (SSSR count). The molecule has 0 unspecified atom stereocenters. The second-order valence-corrected chi connectivity index (χ2v) is 9.40. The molecule has 4 N–H and O–H groups in total. The summed E-state index contributed by atoms with van der Waals surface area (Å²) in [5.74, 6) is 0.105. The molecule has 164 valence electrons. The van der Waals surface area contributed by atoms with Crippen molar-refractivity contribution in [3.8, 4) is 5.75 Å². The van der Waals surface area contributed by atoms with Crippen molar-refractivity contribution in [2.45, 2.75) is 78.3 Å². The molecular formula is C21H33NO7. The minimum Gasteiger partial charge on any atom is -0.460 e. The molecular weight excluding hydrogens is 378 g/mol. The van der Waals surface area contributed by atoms with E-state index in [1.807, 2.05) is 20.8 Å². The summed E-state index contributed by atoms with van der Waals surface area (Å²) in [5, 5.41) is 32.9. The number of hydrogen-bond acceptors (Lipinski definition) is 8. The SMILES string of the molecule is CC(C)(C)Nc1cc(COC(=O)C(C)(C)C)ccc1O[C@@H]1OC[C@@H](O)[C@H](O)[C@H]1O. The average molecular weight is 411 g/mol. The number of carbonyl (C=O) groups excluding carboxylic acids is 1. The van der Waals surface area contributed by atoms with Gasteiger partial charge in [0.2, 0.25) is 6.29 Å². The van der Waals surface area contributed by atoms with Crippen molar-refractivity contribution in [2.24, 2.45) is 5.41 Å². The molecule has 0 bridgehead atoms. The highest BCUT2D eigenvalue weighted by Crippen LogP contribution is 2.32. The van der Waals surface area contributed by atoms with Crippen LogP contribution in [0.1, 0.15) is 47.1 Å². The van der Waals surface area contributed by atoms with Crippen LogP contribution in [0.2, 0.25) is 0 Å². The maximum Gasteiger partial charge on any atom is 0.311 e. The number of hydrogen-bond donors (Lipinski definition) is 4. The minimum absolute atomic E-state index is 0.114. The van der Waals surface area contributed by atoms with Gasteiger partial charge in [-0.05, 0) is 59.2 Å². The van der Waals surface area contributed by atoms with Gasteiger partial charge in [0.05, 0.1) is 17.7 Å². The van der Waals surface area contributed by atoms with Crippen molar-refractivity contribution in [3.63, 3.8) is 0 Å². The normalized spacial score (nSPS) is 25.4. The molecule has 0 radical (unpaired) electrons. The van der Waals surface area contributed by atoms with Crippen LogP contribution < -0.4 is 10.1 Å². The lowest BCUT2D eigenvalue weighted by Gasteiger charge is -2.35. The predicted octanol–water partition coefficient (Wildman–Crippen LogP) is 1.80. The van der Waals surface area contributed by atoms with Gasteiger partial charge in [-0.3, -0.25) is 4.79 Å². The van der Waals surface area contributed by atoms with Crippen LogP contribution in [0.5, 0.6) is 5.75 Å². The second kappa shape index (κ2) is 8.87. The van der Waals surface area contributed by atoms with Crippen molar-refractivity contribution >= 4 is 11.7 Å². The number of carbonyl (C=O) groups is 1. The first-order chi connectivity index (χ1) is 13.3. The number of rotatable bonds is 5. The van der Waals surface area contributed by atoms with Crippen LogP contribution in [0.15, 0.2) is 18.2 Å². The maximum absolute atomic E-state index is 12.0. The molecule has 29 heavy (non-hydrogen) atoms. The van der Waals surface area contributed by atoms with E-state index in [1.54, 1.807) is 39.0 Å². The zero-order valence-electron chi connectivity index (χ0n) is 17.9. The number of esters is 1. The first-order valence-corrected chi connectivity index (χ1v) is 9.69. The Labute approximate surface area is 171 Å². The number of aliphatic hydroxyl groups is 3. The first-order valence-electron chi connectivity index (χ1n) is 9.69. The van der Waals surface area contributed by atoms with E-state index in [1.165, 1.54) is 0 Å². The van der Waals surface area contributed by atoms with Gasteiger partial charge in [0, 0.05) is 5.54 Å². The van der Waals surface area contributed by atoms with Gasteiger partial charge in [-0.15, -0.1) is 0 Å². The summed E-state index contributed by atoms with van der Waals surface area (Å²) in [7, 11) is 0. The van der Waals surface area contributed by atoms with Gasteiger partial charge in [0.15, 0.2) is 0 Å². The number of nitrogens with one attached hydrogen (secondary N) is 1. The van der Waals surface area contributed by atoms with Gasteiger partial charge in [-0.25, -0.2) is 0 Å². The Morgan fingerprint density at radius 2 is 1.79 bits per heavy atom. The van der Waals surface area contributed by atoms with Crippen LogP contribution in [0.25, 0.3) is 0 Å². The average Bonchev–Trinajstić information content (AvgIpc) is 2.59. The standard InChI is InChI=1S/C21H33NO7/c1-20(2,3)19(26)28-10-12-7-8-15(13(9-12)22-21(4,5)6)29-18-17(25)16(24)14(23)11-27-18/h7-9,14,16-18,22-25H,10-11H2,1-6H3/t14-,16+,17-,18+/m1/s1. The molecule has 1 aromatic carbocycles. The fraction of sp³-hybridized carbons (Fsp3) is 0.667. The highest BCUT2D eigenvalue weighted by atomic mass is 16.7. The van der Waals surface area contributed by atoms with E-state index < -0.39 is 30.0 Å². The molecule has 1 saturated heterocycles. The van der Waals surface area contributed by atoms with E-state index in [9.17, 15) is 20.1 Å². The molecule has 0 aromatic heterocycles. The molecule has 8 nitrogen and oxygen atoms in total. The third-order valence-corrected chi connectivity index (χ3v) is 4.23. The highest BCUT2D eigenvalue weighted by molar-refractivity contribution is 5.75. The highest BCUT2D eigenvalue weighted by Gasteiger charge is 2.39. The van der Waals surface area contributed by atoms with Gasteiger partial charge in [-0.1, -0.05) is 6.07 Å². The van der Waals surface area contributed by atoms with E-state index >= 15 is 0 Å². The van der Waals surface area contributed by atoms with Gasteiger partial charge < -0.3 is 34.8 Å². The summed E-state index contributed by atoms with van der Waals surface area (Å²) in [5.41, 5.74) is 0.510. The fourth-order valence-electron chi connectivity index (χ4n) is 2.64. The lowest BCUT2D eigenvalue weighted by atomic mass is 9.97. The Morgan fingerprint density at radius 3 is 2.38 bits per heavy atom. The van der Waals surface area contributed by atoms with Crippen LogP contribution in [0.3, 0.4) is 0 Å². The second-order valence-electron chi connectivity index (χ2n) is 9.40. The van der Waals surface area contributed by atoms with Gasteiger partial charge in [0.1, 0.15) is 30.7 Å². The molecule has 1 heterocycles. The first kappa shape index (κ1) is 23.4. The molecule has 1 aliphatic heterocycles. The summed E-state index contributed by atoms with van der Waals surface area (Å²) in [6, 6.07) is 5.23. The molecule has 8 heteroatoms. The molecule has 0 spiro atoms. The van der Waals surface area contributed by atoms with Crippen molar-refractivity contribution in [1.29, 1.82) is 0 Å². The quantitative estimate of drug-likeness (QED) is 0.542. The summed E-state index contributed by atoms with van der Waals surface area (Å²) in [6.45, 7) is 11.3. The molecule has 1 aliphatic rings. The lowest BCUT2D eigenvalue weighted by molar-refractivity contribution is -0.241. The third-order valence-electron chi connectivity index (χ3n) is 4.23. The monoisotopic (exact) mass is 411 g/mol. The number of benzene rings is 1. The maximum atomic E-state index is 12.0. The van der Waals surface area contributed by atoms with E-state index in [0.717, 1.165) is 5.56 Å². The third kappa shape index (κ3) is 6.57. The van der Waals surface area contributed by atoms with Crippen molar-refractivity contribution in [1.82, 2.24) is 0 Å². The largest absolute Gasteiger partial charge is 0.460 e. The fourth-order valence-corrected chi connectivity index (χ4v) is 2.64.